The van der Waals surface area contributed by atoms with E-state index in [4.69, 9.17) is 16.3 Å². The molecule has 7 heteroatoms. The quantitative estimate of drug-likeness (QED) is 0.808. The van der Waals surface area contributed by atoms with Crippen LogP contribution < -0.4 is 0 Å². The van der Waals surface area contributed by atoms with Crippen molar-refractivity contribution in [1.82, 2.24) is 15.1 Å². The summed E-state index contributed by atoms with van der Waals surface area (Å²) in [6, 6.07) is 0. The van der Waals surface area contributed by atoms with Gasteiger partial charge in [-0.3, -0.25) is 4.79 Å². The maximum atomic E-state index is 12.0. The Bertz CT molecular complexity index is 385. The van der Waals surface area contributed by atoms with Crippen LogP contribution in [0.5, 0.6) is 0 Å². The summed E-state index contributed by atoms with van der Waals surface area (Å²) < 4.78 is 5.56. The molecular weight excluding hydrogens is 250 g/mol. The lowest BCUT2D eigenvalue weighted by Crippen LogP contribution is -2.42. The summed E-state index contributed by atoms with van der Waals surface area (Å²) in [5.41, 5.74) is 0. The zero-order chi connectivity index (χ0) is 11.5. The van der Waals surface area contributed by atoms with E-state index in [1.165, 1.54) is 0 Å². The van der Waals surface area contributed by atoms with Crippen molar-refractivity contribution in [1.29, 1.82) is 0 Å². The van der Waals surface area contributed by atoms with Gasteiger partial charge < -0.3 is 9.64 Å². The van der Waals surface area contributed by atoms with Crippen LogP contribution in [0.4, 0.5) is 0 Å². The monoisotopic (exact) mass is 261 g/mol. The molecule has 16 heavy (non-hydrogen) atoms. The Hall–Kier alpha value is -0.720. The van der Waals surface area contributed by atoms with E-state index in [0.29, 0.717) is 16.0 Å². The number of hydrogen-bond acceptors (Lipinski definition) is 5. The second-order valence-electron chi connectivity index (χ2n) is 3.61. The lowest BCUT2D eigenvalue weighted by molar-refractivity contribution is 0.0268. The molecule has 0 spiro atoms. The van der Waals surface area contributed by atoms with Crippen LogP contribution in [0, 0.1) is 0 Å². The highest BCUT2D eigenvalue weighted by Crippen LogP contribution is 2.19. The summed E-state index contributed by atoms with van der Waals surface area (Å²) in [6.45, 7) is 1.36. The summed E-state index contributed by atoms with van der Waals surface area (Å²) >= 11 is 6.76. The van der Waals surface area contributed by atoms with Gasteiger partial charge in [0.05, 0.1) is 6.10 Å². The third-order valence-electron chi connectivity index (χ3n) is 2.58. The third-order valence-corrected chi connectivity index (χ3v) is 3.59. The van der Waals surface area contributed by atoms with E-state index in [-0.39, 0.29) is 12.0 Å². The van der Waals surface area contributed by atoms with Gasteiger partial charge in [0.1, 0.15) is 0 Å². The lowest BCUT2D eigenvalue weighted by atomic mass is 10.1. The molecule has 1 saturated heterocycles. The molecular formula is C9H12ClN3O2S. The van der Waals surface area contributed by atoms with Gasteiger partial charge in [-0.2, -0.15) is 0 Å². The Morgan fingerprint density at radius 2 is 2.44 bits per heavy atom. The van der Waals surface area contributed by atoms with Gasteiger partial charge in [-0.15, -0.1) is 10.2 Å². The van der Waals surface area contributed by atoms with Crippen LogP contribution in [-0.2, 0) is 4.74 Å². The number of methoxy groups -OCH3 is 1. The molecule has 1 aliphatic heterocycles. The van der Waals surface area contributed by atoms with Crippen molar-refractivity contribution in [3.63, 3.8) is 0 Å². The Labute approximate surface area is 102 Å². The molecule has 0 N–H and O–H groups in total. The Kier molecular flexibility index (Phi) is 3.73. The number of amides is 1. The van der Waals surface area contributed by atoms with E-state index >= 15 is 0 Å². The van der Waals surface area contributed by atoms with Crippen molar-refractivity contribution in [2.45, 2.75) is 18.9 Å². The number of ether oxygens (including phenoxy) is 1. The highest BCUT2D eigenvalue weighted by molar-refractivity contribution is 7.17. The molecule has 1 atom stereocenters. The number of carbonyl (C=O) groups excluding carboxylic acids is 1. The van der Waals surface area contributed by atoms with Gasteiger partial charge in [-0.05, 0) is 24.4 Å². The molecule has 2 rings (SSSR count). The minimum absolute atomic E-state index is 0.105. The van der Waals surface area contributed by atoms with E-state index in [2.05, 4.69) is 10.2 Å². The molecule has 0 bridgehead atoms. The minimum Gasteiger partial charge on any atom is -0.380 e. The van der Waals surface area contributed by atoms with E-state index in [0.717, 1.165) is 30.7 Å². The molecule has 1 fully saturated rings. The summed E-state index contributed by atoms with van der Waals surface area (Å²) in [7, 11) is 1.67. The highest BCUT2D eigenvalue weighted by atomic mass is 35.5. The molecule has 88 valence electrons. The summed E-state index contributed by atoms with van der Waals surface area (Å²) in [6.07, 6.45) is 2.08. The summed E-state index contributed by atoms with van der Waals surface area (Å²) in [5.74, 6) is -0.105. The number of piperidine rings is 1. The van der Waals surface area contributed by atoms with Gasteiger partial charge >= 0.3 is 0 Å². The van der Waals surface area contributed by atoms with Gasteiger partial charge in [0, 0.05) is 20.2 Å². The summed E-state index contributed by atoms with van der Waals surface area (Å²) in [5, 5.41) is 7.72. The first kappa shape index (κ1) is 11.8. The van der Waals surface area contributed by atoms with Crippen LogP contribution in [0.1, 0.15) is 22.6 Å². The molecule has 1 aromatic heterocycles. The van der Waals surface area contributed by atoms with Crippen molar-refractivity contribution < 1.29 is 9.53 Å². The number of rotatable bonds is 2. The number of halogens is 1. The van der Waals surface area contributed by atoms with Crippen LogP contribution >= 0.6 is 22.9 Å². The topological polar surface area (TPSA) is 55.3 Å². The number of likely N-dealkylation sites (tertiary alicyclic amines) is 1. The zero-order valence-corrected chi connectivity index (χ0v) is 10.4. The maximum Gasteiger partial charge on any atom is 0.284 e. The second-order valence-corrected chi connectivity index (χ2v) is 5.17. The smallest absolute Gasteiger partial charge is 0.284 e. The number of aromatic nitrogens is 2. The van der Waals surface area contributed by atoms with Crippen molar-refractivity contribution in [3.05, 3.63) is 9.47 Å². The maximum absolute atomic E-state index is 12.0. The minimum atomic E-state index is -0.105. The SMILES string of the molecule is COC1CCCN(C(=O)c2nnc(Cl)s2)C1. The van der Waals surface area contributed by atoms with Crippen molar-refractivity contribution in [2.75, 3.05) is 20.2 Å². The Morgan fingerprint density at radius 1 is 1.62 bits per heavy atom. The molecule has 1 aliphatic rings. The van der Waals surface area contributed by atoms with Crippen LogP contribution in [0.15, 0.2) is 0 Å². The zero-order valence-electron chi connectivity index (χ0n) is 8.85. The van der Waals surface area contributed by atoms with Crippen LogP contribution in [0.2, 0.25) is 4.47 Å². The second kappa shape index (κ2) is 5.07. The predicted octanol–water partition coefficient (Wildman–Crippen LogP) is 1.44. The number of nitrogens with zero attached hydrogens (tertiary/aromatic N) is 3. The van der Waals surface area contributed by atoms with E-state index < -0.39 is 0 Å². The first-order valence-corrected chi connectivity index (χ1v) is 6.21. The molecule has 2 heterocycles. The Morgan fingerprint density at radius 3 is 3.06 bits per heavy atom. The Balaban J connectivity index is 2.04. The van der Waals surface area contributed by atoms with Gasteiger partial charge in [0.25, 0.3) is 5.91 Å². The largest absolute Gasteiger partial charge is 0.380 e. The standard InChI is InChI=1S/C9H12ClN3O2S/c1-15-6-3-2-4-13(5-6)8(14)7-11-12-9(10)16-7/h6H,2-5H2,1H3. The fraction of sp³-hybridized carbons (Fsp3) is 0.667. The van der Waals surface area contributed by atoms with Gasteiger partial charge in [0.15, 0.2) is 0 Å². The fourth-order valence-electron chi connectivity index (χ4n) is 1.74. The normalized spacial score (nSPS) is 21.1. The van der Waals surface area contributed by atoms with Gasteiger partial charge in [-0.1, -0.05) is 11.3 Å². The van der Waals surface area contributed by atoms with Gasteiger partial charge in [0.2, 0.25) is 9.47 Å². The molecule has 0 radical (unpaired) electrons. The van der Waals surface area contributed by atoms with E-state index in [1.54, 1.807) is 12.0 Å². The fourth-order valence-corrected chi connectivity index (χ4v) is 2.54. The third kappa shape index (κ3) is 2.50. The van der Waals surface area contributed by atoms with E-state index in [1.807, 2.05) is 0 Å². The van der Waals surface area contributed by atoms with Crippen LogP contribution in [0.3, 0.4) is 0 Å². The molecule has 1 aromatic rings. The van der Waals surface area contributed by atoms with Crippen LogP contribution in [-0.4, -0.2) is 47.3 Å². The number of hydrogen-bond donors (Lipinski definition) is 0. The number of carbonyl (C=O) groups is 1. The highest BCUT2D eigenvalue weighted by Gasteiger charge is 2.26. The first-order chi connectivity index (χ1) is 7.70. The van der Waals surface area contributed by atoms with Crippen LogP contribution in [0.25, 0.3) is 0 Å². The molecule has 0 saturated carbocycles. The molecule has 1 amide bonds. The predicted molar refractivity (Wildman–Crippen MR) is 60.9 cm³/mol. The van der Waals surface area contributed by atoms with Gasteiger partial charge in [-0.25, -0.2) is 0 Å². The van der Waals surface area contributed by atoms with Crippen molar-refractivity contribution in [3.8, 4) is 0 Å². The molecule has 0 aromatic carbocycles. The molecule has 1 unspecified atom stereocenters. The molecule has 0 aliphatic carbocycles. The first-order valence-electron chi connectivity index (χ1n) is 5.02. The summed E-state index contributed by atoms with van der Waals surface area (Å²) in [4.78, 5) is 13.7. The van der Waals surface area contributed by atoms with Crippen molar-refractivity contribution in [2.24, 2.45) is 0 Å². The average molecular weight is 262 g/mol. The van der Waals surface area contributed by atoms with E-state index in [9.17, 15) is 4.79 Å². The lowest BCUT2D eigenvalue weighted by Gasteiger charge is -2.31. The average Bonchev–Trinajstić information content (AvgIpc) is 2.75. The van der Waals surface area contributed by atoms with Crippen molar-refractivity contribution >= 4 is 28.8 Å². The molecule has 5 nitrogen and oxygen atoms in total.